The molecule has 16 heavy (non-hydrogen) atoms. The number of hydrogen-bond donors (Lipinski definition) is 0. The van der Waals surface area contributed by atoms with E-state index in [0.717, 1.165) is 34.6 Å². The third-order valence-corrected chi connectivity index (χ3v) is 5.32. The molecule has 0 unspecified atom stereocenters. The van der Waals surface area contributed by atoms with Gasteiger partial charge in [-0.1, -0.05) is 45.7 Å². The van der Waals surface area contributed by atoms with Crippen molar-refractivity contribution in [1.29, 1.82) is 0 Å². The van der Waals surface area contributed by atoms with Crippen LogP contribution in [0.25, 0.3) is 0 Å². The highest BCUT2D eigenvalue weighted by molar-refractivity contribution is 9.10. The van der Waals surface area contributed by atoms with Crippen LogP contribution in [0.1, 0.15) is 32.3 Å². The number of benzene rings is 1. The molecule has 0 radical (unpaired) electrons. The molecule has 0 heterocycles. The first-order valence-electron chi connectivity index (χ1n) is 5.57. The van der Waals surface area contributed by atoms with E-state index >= 15 is 0 Å². The standard InChI is InChI=1S/C13H17Br2F/c1-3-13(4-2,9-14)8-10-7-11(16)5-6-12(10)15/h5-7H,3-4,8-9H2,1-2H3. The maximum atomic E-state index is 13.2. The first kappa shape index (κ1) is 14.2. The predicted octanol–water partition coefficient (Wildman–Crippen LogP) is 5.33. The Kier molecular flexibility index (Phi) is 5.45. The summed E-state index contributed by atoms with van der Waals surface area (Å²) >= 11 is 7.07. The van der Waals surface area contributed by atoms with Crippen LogP contribution in [-0.4, -0.2) is 5.33 Å². The molecule has 0 bridgehead atoms. The van der Waals surface area contributed by atoms with Crippen LogP contribution in [-0.2, 0) is 6.42 Å². The third-order valence-electron chi connectivity index (χ3n) is 3.36. The van der Waals surface area contributed by atoms with Crippen molar-refractivity contribution in [3.63, 3.8) is 0 Å². The lowest BCUT2D eigenvalue weighted by molar-refractivity contribution is 0.306. The van der Waals surface area contributed by atoms with Crippen LogP contribution < -0.4 is 0 Å². The van der Waals surface area contributed by atoms with E-state index in [9.17, 15) is 4.39 Å². The minimum atomic E-state index is -0.158. The lowest BCUT2D eigenvalue weighted by Crippen LogP contribution is -2.24. The zero-order valence-corrected chi connectivity index (χ0v) is 12.9. The van der Waals surface area contributed by atoms with Crippen LogP contribution in [0.15, 0.2) is 22.7 Å². The molecule has 1 aromatic rings. The Morgan fingerprint density at radius 2 is 1.88 bits per heavy atom. The Morgan fingerprint density at radius 3 is 2.38 bits per heavy atom. The van der Waals surface area contributed by atoms with Gasteiger partial charge >= 0.3 is 0 Å². The van der Waals surface area contributed by atoms with Crippen LogP contribution >= 0.6 is 31.9 Å². The highest BCUT2D eigenvalue weighted by atomic mass is 79.9. The number of alkyl halides is 1. The number of halogens is 3. The summed E-state index contributed by atoms with van der Waals surface area (Å²) in [6.45, 7) is 4.38. The highest BCUT2D eigenvalue weighted by Gasteiger charge is 2.26. The molecule has 0 spiro atoms. The first-order valence-corrected chi connectivity index (χ1v) is 7.48. The van der Waals surface area contributed by atoms with E-state index < -0.39 is 0 Å². The largest absolute Gasteiger partial charge is 0.207 e. The summed E-state index contributed by atoms with van der Waals surface area (Å²) < 4.78 is 14.2. The Morgan fingerprint density at radius 1 is 1.25 bits per heavy atom. The molecule has 0 saturated carbocycles. The van der Waals surface area contributed by atoms with Crippen molar-refractivity contribution in [2.45, 2.75) is 33.1 Å². The molecule has 0 aliphatic heterocycles. The van der Waals surface area contributed by atoms with Crippen molar-refractivity contribution >= 4 is 31.9 Å². The van der Waals surface area contributed by atoms with Crippen molar-refractivity contribution in [2.24, 2.45) is 5.41 Å². The second kappa shape index (κ2) is 6.15. The molecule has 0 aliphatic carbocycles. The van der Waals surface area contributed by atoms with Gasteiger partial charge in [0.2, 0.25) is 0 Å². The second-order valence-corrected chi connectivity index (χ2v) is 5.67. The second-order valence-electron chi connectivity index (χ2n) is 4.25. The molecule has 0 amide bonds. The fraction of sp³-hybridized carbons (Fsp3) is 0.538. The van der Waals surface area contributed by atoms with Crippen molar-refractivity contribution in [2.75, 3.05) is 5.33 Å². The molecule has 0 saturated heterocycles. The quantitative estimate of drug-likeness (QED) is 0.629. The van der Waals surface area contributed by atoms with E-state index in [1.807, 2.05) is 0 Å². The Hall–Kier alpha value is 0.110. The normalized spacial score (nSPS) is 11.8. The van der Waals surface area contributed by atoms with Crippen molar-refractivity contribution in [3.8, 4) is 0 Å². The van der Waals surface area contributed by atoms with Crippen LogP contribution in [0.3, 0.4) is 0 Å². The summed E-state index contributed by atoms with van der Waals surface area (Å²) in [5.41, 5.74) is 1.29. The van der Waals surface area contributed by atoms with E-state index in [-0.39, 0.29) is 11.2 Å². The molecule has 0 aliphatic rings. The van der Waals surface area contributed by atoms with E-state index in [1.54, 1.807) is 12.1 Å². The van der Waals surface area contributed by atoms with Gasteiger partial charge in [-0.25, -0.2) is 4.39 Å². The molecule has 1 aromatic carbocycles. The molecule has 0 aromatic heterocycles. The monoisotopic (exact) mass is 350 g/mol. The van der Waals surface area contributed by atoms with Crippen LogP contribution in [0.2, 0.25) is 0 Å². The molecule has 90 valence electrons. The van der Waals surface area contributed by atoms with E-state index in [1.165, 1.54) is 6.07 Å². The lowest BCUT2D eigenvalue weighted by atomic mass is 9.79. The average Bonchev–Trinajstić information content (AvgIpc) is 2.31. The zero-order valence-electron chi connectivity index (χ0n) is 9.69. The predicted molar refractivity (Wildman–Crippen MR) is 74.6 cm³/mol. The minimum Gasteiger partial charge on any atom is -0.207 e. The summed E-state index contributed by atoms with van der Waals surface area (Å²) in [6, 6.07) is 4.91. The maximum Gasteiger partial charge on any atom is 0.123 e. The third kappa shape index (κ3) is 3.30. The van der Waals surface area contributed by atoms with Gasteiger partial charge in [0, 0.05) is 9.80 Å². The van der Waals surface area contributed by atoms with E-state index in [0.29, 0.717) is 0 Å². The molecule has 0 atom stereocenters. The van der Waals surface area contributed by atoms with Gasteiger partial charge in [-0.05, 0) is 48.4 Å². The highest BCUT2D eigenvalue weighted by Crippen LogP contribution is 2.35. The zero-order chi connectivity index (χ0) is 12.2. The smallest absolute Gasteiger partial charge is 0.123 e. The topological polar surface area (TPSA) is 0 Å². The summed E-state index contributed by atoms with van der Waals surface area (Å²) in [4.78, 5) is 0. The van der Waals surface area contributed by atoms with Crippen molar-refractivity contribution in [3.05, 3.63) is 34.1 Å². The van der Waals surface area contributed by atoms with Gasteiger partial charge in [0.25, 0.3) is 0 Å². The van der Waals surface area contributed by atoms with Gasteiger partial charge in [0.05, 0.1) is 0 Å². The van der Waals surface area contributed by atoms with Gasteiger partial charge < -0.3 is 0 Å². The lowest BCUT2D eigenvalue weighted by Gasteiger charge is -2.30. The van der Waals surface area contributed by atoms with Crippen LogP contribution in [0, 0.1) is 11.2 Å². The maximum absolute atomic E-state index is 13.2. The Bertz CT molecular complexity index is 338. The molecule has 0 N–H and O–H groups in total. The van der Waals surface area contributed by atoms with Gasteiger partial charge in [-0.3, -0.25) is 0 Å². The van der Waals surface area contributed by atoms with Gasteiger partial charge in [0.15, 0.2) is 0 Å². The Labute approximate surface area is 114 Å². The van der Waals surface area contributed by atoms with Gasteiger partial charge in [-0.2, -0.15) is 0 Å². The molecule has 1 rings (SSSR count). The van der Waals surface area contributed by atoms with Crippen molar-refractivity contribution < 1.29 is 4.39 Å². The molecular weight excluding hydrogens is 335 g/mol. The van der Waals surface area contributed by atoms with Crippen LogP contribution in [0.4, 0.5) is 4.39 Å². The summed E-state index contributed by atoms with van der Waals surface area (Å²) in [5.74, 6) is -0.158. The average molecular weight is 352 g/mol. The summed E-state index contributed by atoms with van der Waals surface area (Å²) in [6.07, 6.45) is 3.10. The fourth-order valence-electron chi connectivity index (χ4n) is 1.82. The number of hydrogen-bond acceptors (Lipinski definition) is 0. The van der Waals surface area contributed by atoms with E-state index in [2.05, 4.69) is 45.7 Å². The first-order chi connectivity index (χ1) is 7.56. The molecule has 0 nitrogen and oxygen atoms in total. The SMILES string of the molecule is CCC(CC)(CBr)Cc1cc(F)ccc1Br. The summed E-state index contributed by atoms with van der Waals surface area (Å²) in [5, 5.41) is 0.954. The van der Waals surface area contributed by atoms with Gasteiger partial charge in [0.1, 0.15) is 5.82 Å². The van der Waals surface area contributed by atoms with Crippen LogP contribution in [0.5, 0.6) is 0 Å². The minimum absolute atomic E-state index is 0.158. The van der Waals surface area contributed by atoms with Crippen molar-refractivity contribution in [1.82, 2.24) is 0 Å². The molecule has 0 fully saturated rings. The summed E-state index contributed by atoms with van der Waals surface area (Å²) in [7, 11) is 0. The van der Waals surface area contributed by atoms with E-state index in [4.69, 9.17) is 0 Å². The molecule has 3 heteroatoms. The van der Waals surface area contributed by atoms with Gasteiger partial charge in [-0.15, -0.1) is 0 Å². The fourth-order valence-corrected chi connectivity index (χ4v) is 3.20. The Balaban J connectivity index is 2.97. The number of rotatable bonds is 5. The molecular formula is C13H17Br2F.